The van der Waals surface area contributed by atoms with Crippen molar-refractivity contribution < 1.29 is 6.22 Å². The lowest BCUT2D eigenvalue weighted by Gasteiger charge is -2.09. The largest absolute Gasteiger partial charge is 0.352 e. The third-order valence-electron chi connectivity index (χ3n) is 2.35. The molecule has 0 aliphatic carbocycles. The first-order chi connectivity index (χ1) is 7.67. The van der Waals surface area contributed by atoms with Gasteiger partial charge < -0.3 is 5.32 Å². The zero-order valence-electron chi connectivity index (χ0n) is 10.1. The molecule has 16 heavy (non-hydrogen) atoms. The van der Waals surface area contributed by atoms with Crippen LogP contribution in [0.15, 0.2) is 29.2 Å². The van der Waals surface area contributed by atoms with Gasteiger partial charge in [0, 0.05) is 23.7 Å². The van der Waals surface area contributed by atoms with Crippen LogP contribution in [0.2, 0.25) is 0 Å². The molecule has 0 heterocycles. The van der Waals surface area contributed by atoms with E-state index in [0.717, 1.165) is 16.9 Å². The van der Waals surface area contributed by atoms with Gasteiger partial charge in [0.1, 0.15) is 0 Å². The highest BCUT2D eigenvalue weighted by atomic mass is 32.2. The van der Waals surface area contributed by atoms with Crippen LogP contribution in [0.25, 0.3) is 0 Å². The fourth-order valence-corrected chi connectivity index (χ4v) is 2.27. The molecule has 1 unspecified atom stereocenters. The molecule has 0 bridgehead atoms. The monoisotopic (exact) mass is 239 g/mol. The van der Waals surface area contributed by atoms with E-state index in [1.54, 1.807) is 0 Å². The molecule has 1 atom stereocenters. The Hall–Kier alpha value is -0.960. The minimum atomic E-state index is 0. The Morgan fingerprint density at radius 2 is 2.25 bits per heavy atom. The Balaban J connectivity index is 0.00000256. The molecule has 0 radical (unpaired) electrons. The lowest BCUT2D eigenvalue weighted by molar-refractivity contribution is 0.0955. The number of carbonyl (C=O) groups is 1. The molecule has 0 fully saturated rings. The van der Waals surface area contributed by atoms with Crippen LogP contribution < -0.4 is 5.32 Å². The number of nitrogens with one attached hydrogen (secondary N) is 1. The Kier molecular flexibility index (Phi) is 5.39. The van der Waals surface area contributed by atoms with Gasteiger partial charge >= 0.3 is 0 Å². The normalized spacial score (nSPS) is 12.2. The van der Waals surface area contributed by atoms with Crippen molar-refractivity contribution >= 4 is 17.7 Å². The summed E-state index contributed by atoms with van der Waals surface area (Å²) in [5, 5.41) is 3.40. The van der Waals surface area contributed by atoms with E-state index in [9.17, 15) is 4.79 Å². The van der Waals surface area contributed by atoms with Gasteiger partial charge in [-0.2, -0.15) is 0 Å². The zero-order chi connectivity index (χ0) is 12.0. The standard InChI is InChI=1S/C13H19NOS.H2/c1-4-10(3)16-12-8-6-7-11(9-12)13(15)14-5-2;/h6-10H,4-5H2,1-3H3,(H,14,15);1H. The first kappa shape index (κ1) is 13.1. The van der Waals surface area contributed by atoms with Crippen LogP contribution in [0.4, 0.5) is 0 Å². The number of rotatable bonds is 5. The van der Waals surface area contributed by atoms with Crippen molar-refractivity contribution in [2.24, 2.45) is 0 Å². The molecule has 1 amide bonds. The topological polar surface area (TPSA) is 29.1 Å². The minimum Gasteiger partial charge on any atom is -0.352 e. The second-order valence-corrected chi connectivity index (χ2v) is 5.24. The highest BCUT2D eigenvalue weighted by Crippen LogP contribution is 2.25. The molecule has 0 saturated heterocycles. The minimum absolute atomic E-state index is 0. The van der Waals surface area contributed by atoms with Crippen molar-refractivity contribution in [3.05, 3.63) is 29.8 Å². The van der Waals surface area contributed by atoms with E-state index >= 15 is 0 Å². The number of carbonyl (C=O) groups excluding carboxylic acids is 1. The molecular weight excluding hydrogens is 218 g/mol. The van der Waals surface area contributed by atoms with Crippen molar-refractivity contribution in [2.45, 2.75) is 37.3 Å². The maximum atomic E-state index is 11.6. The lowest BCUT2D eigenvalue weighted by Crippen LogP contribution is -2.22. The van der Waals surface area contributed by atoms with Crippen molar-refractivity contribution in [2.75, 3.05) is 6.54 Å². The number of hydrogen-bond acceptors (Lipinski definition) is 2. The van der Waals surface area contributed by atoms with Crippen LogP contribution in [0.5, 0.6) is 0 Å². The summed E-state index contributed by atoms with van der Waals surface area (Å²) in [6.45, 7) is 6.96. The molecule has 1 rings (SSSR count). The summed E-state index contributed by atoms with van der Waals surface area (Å²) in [5.41, 5.74) is 0.746. The van der Waals surface area contributed by atoms with Gasteiger partial charge in [-0.25, -0.2) is 0 Å². The molecule has 0 aliphatic heterocycles. The maximum Gasteiger partial charge on any atom is 0.251 e. The zero-order valence-corrected chi connectivity index (χ0v) is 10.9. The third kappa shape index (κ3) is 3.89. The molecule has 90 valence electrons. The van der Waals surface area contributed by atoms with Crippen LogP contribution in [0.3, 0.4) is 0 Å². The van der Waals surface area contributed by atoms with Crippen molar-refractivity contribution in [3.63, 3.8) is 0 Å². The summed E-state index contributed by atoms with van der Waals surface area (Å²) in [7, 11) is 0. The molecule has 1 aromatic carbocycles. The highest BCUT2D eigenvalue weighted by molar-refractivity contribution is 7.99. The van der Waals surface area contributed by atoms with Crippen molar-refractivity contribution in [1.82, 2.24) is 5.32 Å². The summed E-state index contributed by atoms with van der Waals surface area (Å²) in [4.78, 5) is 12.8. The second-order valence-electron chi connectivity index (χ2n) is 3.72. The molecule has 0 aliphatic rings. The summed E-state index contributed by atoms with van der Waals surface area (Å²) in [6, 6.07) is 7.81. The van der Waals surface area contributed by atoms with Gasteiger partial charge in [0.15, 0.2) is 0 Å². The maximum absolute atomic E-state index is 11.6. The quantitative estimate of drug-likeness (QED) is 0.796. The first-order valence-corrected chi connectivity index (χ1v) is 6.60. The number of thioether (sulfide) groups is 1. The molecule has 3 heteroatoms. The van der Waals surface area contributed by atoms with Crippen LogP contribution in [-0.2, 0) is 0 Å². The van der Waals surface area contributed by atoms with Gasteiger partial charge in [-0.15, -0.1) is 11.8 Å². The average molecular weight is 239 g/mol. The molecule has 1 N–H and O–H groups in total. The third-order valence-corrected chi connectivity index (χ3v) is 3.61. The second kappa shape index (κ2) is 6.59. The summed E-state index contributed by atoms with van der Waals surface area (Å²) >= 11 is 1.81. The molecule has 0 aromatic heterocycles. The molecular formula is C13H21NOS. The lowest BCUT2D eigenvalue weighted by atomic mass is 10.2. The van der Waals surface area contributed by atoms with Crippen LogP contribution in [0, 0.1) is 0 Å². The average Bonchev–Trinajstić information content (AvgIpc) is 2.29. The predicted molar refractivity (Wildman–Crippen MR) is 72.2 cm³/mol. The van der Waals surface area contributed by atoms with Crippen molar-refractivity contribution in [1.29, 1.82) is 0 Å². The SMILES string of the molecule is CCNC(=O)c1cccc(SC(C)CC)c1.[HH]. The Morgan fingerprint density at radius 1 is 1.50 bits per heavy atom. The van der Waals surface area contributed by atoms with Crippen LogP contribution >= 0.6 is 11.8 Å². The van der Waals surface area contributed by atoms with E-state index in [4.69, 9.17) is 0 Å². The Morgan fingerprint density at radius 3 is 2.88 bits per heavy atom. The molecule has 2 nitrogen and oxygen atoms in total. The van der Waals surface area contributed by atoms with Gasteiger partial charge in [0.2, 0.25) is 0 Å². The van der Waals surface area contributed by atoms with E-state index < -0.39 is 0 Å². The smallest absolute Gasteiger partial charge is 0.251 e. The van der Waals surface area contributed by atoms with Crippen LogP contribution in [-0.4, -0.2) is 17.7 Å². The molecule has 0 spiro atoms. The van der Waals surface area contributed by atoms with Crippen molar-refractivity contribution in [3.8, 4) is 0 Å². The van der Waals surface area contributed by atoms with E-state index in [1.165, 1.54) is 0 Å². The summed E-state index contributed by atoms with van der Waals surface area (Å²) in [6.07, 6.45) is 1.13. The molecule has 0 saturated carbocycles. The van der Waals surface area contributed by atoms with Gasteiger partial charge in [-0.1, -0.05) is 19.9 Å². The predicted octanol–water partition coefficient (Wildman–Crippen LogP) is 3.57. The fourth-order valence-electron chi connectivity index (χ4n) is 1.29. The van der Waals surface area contributed by atoms with E-state index in [1.807, 2.05) is 36.9 Å². The Labute approximate surface area is 103 Å². The van der Waals surface area contributed by atoms with E-state index in [2.05, 4.69) is 25.2 Å². The van der Waals surface area contributed by atoms with Gasteiger partial charge in [-0.3, -0.25) is 4.79 Å². The molecule has 1 aromatic rings. The highest BCUT2D eigenvalue weighted by Gasteiger charge is 2.06. The van der Waals surface area contributed by atoms with Gasteiger partial charge in [-0.05, 0) is 31.5 Å². The first-order valence-electron chi connectivity index (χ1n) is 5.72. The number of amides is 1. The fraction of sp³-hybridized carbons (Fsp3) is 0.462. The van der Waals surface area contributed by atoms with E-state index in [-0.39, 0.29) is 7.33 Å². The summed E-state index contributed by atoms with van der Waals surface area (Å²) in [5.74, 6) is 0.00843. The number of hydrogen-bond donors (Lipinski definition) is 1. The van der Waals surface area contributed by atoms with Crippen LogP contribution in [0.1, 0.15) is 39.0 Å². The van der Waals surface area contributed by atoms with Gasteiger partial charge in [0.05, 0.1) is 0 Å². The number of benzene rings is 1. The van der Waals surface area contributed by atoms with Gasteiger partial charge in [0.25, 0.3) is 5.91 Å². The van der Waals surface area contributed by atoms with E-state index in [0.29, 0.717) is 11.8 Å². The Bertz CT molecular complexity index is 357. The summed E-state index contributed by atoms with van der Waals surface area (Å²) < 4.78 is 0.